The van der Waals surface area contributed by atoms with Gasteiger partial charge in [0, 0.05) is 29.8 Å². The highest BCUT2D eigenvalue weighted by molar-refractivity contribution is 7.80. The zero-order valence-electron chi connectivity index (χ0n) is 21.0. The van der Waals surface area contributed by atoms with Crippen LogP contribution in [0.1, 0.15) is 51.5 Å². The lowest BCUT2D eigenvalue weighted by atomic mass is 9.96. The quantitative estimate of drug-likeness (QED) is 0.374. The van der Waals surface area contributed by atoms with Crippen LogP contribution < -0.4 is 5.32 Å². The van der Waals surface area contributed by atoms with Gasteiger partial charge in [0.05, 0.1) is 30.5 Å². The Kier molecular flexibility index (Phi) is 7.52. The Balaban J connectivity index is 1.77. The Morgan fingerprint density at radius 3 is 2.66 bits per heavy atom. The van der Waals surface area contributed by atoms with Crippen LogP contribution >= 0.6 is 12.2 Å². The number of hydrogen-bond donors (Lipinski definition) is 1. The molecule has 1 fully saturated rings. The molecule has 0 saturated carbocycles. The van der Waals surface area contributed by atoms with Gasteiger partial charge in [-0.05, 0) is 95.1 Å². The highest BCUT2D eigenvalue weighted by Crippen LogP contribution is 2.41. The second-order valence-corrected chi connectivity index (χ2v) is 9.57. The number of esters is 1. The second kappa shape index (κ2) is 10.6. The first-order valence-corrected chi connectivity index (χ1v) is 12.2. The summed E-state index contributed by atoms with van der Waals surface area (Å²) >= 11 is 5.82. The molecule has 1 N–H and O–H groups in total. The molecule has 1 aliphatic rings. The van der Waals surface area contributed by atoms with E-state index in [1.165, 1.54) is 12.7 Å². The number of pyridine rings is 1. The molecule has 2 aromatic heterocycles. The van der Waals surface area contributed by atoms with Crippen molar-refractivity contribution in [1.82, 2.24) is 24.7 Å². The average molecular weight is 492 g/mol. The van der Waals surface area contributed by atoms with Gasteiger partial charge in [-0.15, -0.1) is 0 Å². The molecule has 1 aliphatic heterocycles. The van der Waals surface area contributed by atoms with Crippen LogP contribution in [0.25, 0.3) is 5.69 Å². The van der Waals surface area contributed by atoms with E-state index in [1.54, 1.807) is 6.07 Å². The van der Waals surface area contributed by atoms with Gasteiger partial charge >= 0.3 is 5.97 Å². The normalized spacial score (nSPS) is 17.7. The van der Waals surface area contributed by atoms with Crippen LogP contribution in [0.3, 0.4) is 0 Å². The van der Waals surface area contributed by atoms with Crippen molar-refractivity contribution in [2.75, 3.05) is 34.3 Å². The Morgan fingerprint density at radius 1 is 1.17 bits per heavy atom. The van der Waals surface area contributed by atoms with Crippen LogP contribution in [0.4, 0.5) is 0 Å². The van der Waals surface area contributed by atoms with Crippen molar-refractivity contribution >= 4 is 23.3 Å². The van der Waals surface area contributed by atoms with Crippen molar-refractivity contribution in [2.45, 2.75) is 32.4 Å². The number of aromatic nitrogens is 2. The summed E-state index contributed by atoms with van der Waals surface area (Å²) in [5.41, 5.74) is 5.81. The third kappa shape index (κ3) is 5.09. The van der Waals surface area contributed by atoms with Gasteiger partial charge in [-0.1, -0.05) is 12.1 Å². The standard InChI is InChI=1S/C27H33N5O2S/c1-18-16-22(19(2)32(18)21-11-8-10-20(17-21)26(33)34-5)25-24(23-12-6-7-13-28-23)29-27(35)31(25)15-9-14-30(3)4/h6-8,10-13,16-17,24-25H,9,14-15H2,1-5H3,(H,29,35). The fourth-order valence-corrected chi connectivity index (χ4v) is 5.25. The number of nitrogens with one attached hydrogen (secondary N) is 1. The molecule has 4 rings (SSSR count). The van der Waals surface area contributed by atoms with Crippen LogP contribution in [-0.4, -0.2) is 64.7 Å². The lowest BCUT2D eigenvalue weighted by Gasteiger charge is -2.28. The number of nitrogens with zero attached hydrogens (tertiary/aromatic N) is 4. The van der Waals surface area contributed by atoms with Gasteiger partial charge in [-0.3, -0.25) is 4.98 Å². The summed E-state index contributed by atoms with van der Waals surface area (Å²) in [7, 11) is 5.58. The number of hydrogen-bond acceptors (Lipinski definition) is 5. The largest absolute Gasteiger partial charge is 0.465 e. The predicted molar refractivity (Wildman–Crippen MR) is 142 cm³/mol. The minimum absolute atomic E-state index is 0.00306. The van der Waals surface area contributed by atoms with E-state index in [2.05, 4.69) is 64.7 Å². The summed E-state index contributed by atoms with van der Waals surface area (Å²) < 4.78 is 7.12. The van der Waals surface area contributed by atoms with Crippen molar-refractivity contribution in [1.29, 1.82) is 0 Å². The van der Waals surface area contributed by atoms with E-state index < -0.39 is 0 Å². The Labute approximate surface area is 212 Å². The fraction of sp³-hybridized carbons (Fsp3) is 0.370. The van der Waals surface area contributed by atoms with E-state index in [-0.39, 0.29) is 18.1 Å². The van der Waals surface area contributed by atoms with E-state index in [9.17, 15) is 4.79 Å². The summed E-state index contributed by atoms with van der Waals surface area (Å²) in [5, 5.41) is 4.30. The molecule has 3 aromatic rings. The topological polar surface area (TPSA) is 62.6 Å². The Bertz CT molecular complexity index is 1210. The molecule has 1 aromatic carbocycles. The van der Waals surface area contributed by atoms with E-state index in [0.717, 1.165) is 47.4 Å². The molecule has 0 radical (unpaired) electrons. The van der Waals surface area contributed by atoms with Gasteiger partial charge in [-0.25, -0.2) is 4.79 Å². The molecule has 0 bridgehead atoms. The highest BCUT2D eigenvalue weighted by atomic mass is 32.1. The van der Waals surface area contributed by atoms with Crippen molar-refractivity contribution in [3.05, 3.63) is 82.9 Å². The minimum Gasteiger partial charge on any atom is -0.465 e. The zero-order valence-corrected chi connectivity index (χ0v) is 21.8. The van der Waals surface area contributed by atoms with Crippen LogP contribution in [0.5, 0.6) is 0 Å². The van der Waals surface area contributed by atoms with Gasteiger partial charge in [0.25, 0.3) is 0 Å². The molecule has 2 atom stereocenters. The molecule has 184 valence electrons. The number of thiocarbonyl (C=S) groups is 1. The molecule has 7 nitrogen and oxygen atoms in total. The number of rotatable bonds is 8. The van der Waals surface area contributed by atoms with E-state index in [4.69, 9.17) is 17.0 Å². The van der Waals surface area contributed by atoms with Crippen LogP contribution in [-0.2, 0) is 4.74 Å². The van der Waals surface area contributed by atoms with Gasteiger partial charge in [0.1, 0.15) is 0 Å². The molecule has 2 unspecified atom stereocenters. The molecule has 0 aliphatic carbocycles. The number of ether oxygens (including phenoxy) is 1. The van der Waals surface area contributed by atoms with Crippen LogP contribution in [0.2, 0.25) is 0 Å². The SMILES string of the molecule is COC(=O)c1cccc(-n2c(C)cc(C3C(c4ccccn4)NC(=S)N3CCCN(C)C)c2C)c1. The van der Waals surface area contributed by atoms with Gasteiger partial charge in [0.2, 0.25) is 0 Å². The minimum atomic E-state index is -0.345. The first kappa shape index (κ1) is 24.9. The number of benzene rings is 1. The number of aryl methyl sites for hydroxylation is 1. The first-order valence-electron chi connectivity index (χ1n) is 11.8. The first-order chi connectivity index (χ1) is 16.8. The summed E-state index contributed by atoms with van der Waals surface area (Å²) in [4.78, 5) is 21.3. The van der Waals surface area contributed by atoms with Crippen molar-refractivity contribution in [3.8, 4) is 5.69 Å². The number of carbonyl (C=O) groups excluding carboxylic acids is 1. The maximum Gasteiger partial charge on any atom is 0.337 e. The summed E-state index contributed by atoms with van der Waals surface area (Å²) in [6.07, 6.45) is 2.83. The molecular weight excluding hydrogens is 458 g/mol. The molecule has 35 heavy (non-hydrogen) atoms. The van der Waals surface area contributed by atoms with Gasteiger partial charge in [-0.2, -0.15) is 0 Å². The third-order valence-corrected chi connectivity index (χ3v) is 6.87. The van der Waals surface area contributed by atoms with E-state index >= 15 is 0 Å². The fourth-order valence-electron chi connectivity index (χ4n) is 4.92. The average Bonchev–Trinajstić information content (AvgIpc) is 3.33. The third-order valence-electron chi connectivity index (χ3n) is 6.52. The van der Waals surface area contributed by atoms with Crippen LogP contribution in [0, 0.1) is 13.8 Å². The molecule has 0 spiro atoms. The molecule has 1 saturated heterocycles. The lowest BCUT2D eigenvalue weighted by molar-refractivity contribution is 0.0600. The van der Waals surface area contributed by atoms with Crippen LogP contribution in [0.15, 0.2) is 54.7 Å². The lowest BCUT2D eigenvalue weighted by Crippen LogP contribution is -2.32. The Morgan fingerprint density at radius 2 is 1.97 bits per heavy atom. The Hall–Kier alpha value is -3.23. The molecule has 8 heteroatoms. The smallest absolute Gasteiger partial charge is 0.337 e. The maximum atomic E-state index is 12.1. The van der Waals surface area contributed by atoms with Gasteiger partial charge in [0.15, 0.2) is 5.11 Å². The van der Waals surface area contributed by atoms with Crippen molar-refractivity contribution in [3.63, 3.8) is 0 Å². The number of carbonyl (C=O) groups is 1. The predicted octanol–water partition coefficient (Wildman–Crippen LogP) is 4.20. The summed E-state index contributed by atoms with van der Waals surface area (Å²) in [6.45, 7) is 6.05. The summed E-state index contributed by atoms with van der Waals surface area (Å²) in [6, 6.07) is 15.7. The van der Waals surface area contributed by atoms with E-state index in [1.807, 2.05) is 36.5 Å². The second-order valence-electron chi connectivity index (χ2n) is 9.18. The summed E-state index contributed by atoms with van der Waals surface area (Å²) in [5.74, 6) is -0.345. The molecule has 0 amide bonds. The van der Waals surface area contributed by atoms with E-state index in [0.29, 0.717) is 5.56 Å². The highest BCUT2D eigenvalue weighted by Gasteiger charge is 2.41. The monoisotopic (exact) mass is 491 g/mol. The molecule has 3 heterocycles. The van der Waals surface area contributed by atoms with Gasteiger partial charge < -0.3 is 24.4 Å². The number of methoxy groups -OCH3 is 1. The zero-order chi connectivity index (χ0) is 25.1. The maximum absolute atomic E-state index is 12.1. The van der Waals surface area contributed by atoms with Crippen molar-refractivity contribution < 1.29 is 9.53 Å². The van der Waals surface area contributed by atoms with Crippen molar-refractivity contribution in [2.24, 2.45) is 0 Å². The molecular formula is C27H33N5O2S.